The van der Waals surface area contributed by atoms with Crippen LogP contribution in [0.2, 0.25) is 13.1 Å². The second-order valence-electron chi connectivity index (χ2n) is 14.2. The van der Waals surface area contributed by atoms with Crippen molar-refractivity contribution in [2.45, 2.75) is 86.4 Å². The van der Waals surface area contributed by atoms with Gasteiger partial charge in [0.2, 0.25) is 5.36 Å². The summed E-state index contributed by atoms with van der Waals surface area (Å²) in [5.41, 5.74) is 9.84. The monoisotopic (exact) mass is 588 g/mol. The Morgan fingerprint density at radius 1 is 0.837 bits per heavy atom. The van der Waals surface area contributed by atoms with E-state index < -0.39 is 8.07 Å². The van der Waals surface area contributed by atoms with Crippen molar-refractivity contribution >= 4 is 24.0 Å². The molecule has 0 radical (unpaired) electrons. The summed E-state index contributed by atoms with van der Waals surface area (Å²) in [4.78, 5) is 0. The van der Waals surface area contributed by atoms with Crippen LogP contribution in [-0.2, 0) is 0 Å². The lowest BCUT2D eigenvalue weighted by atomic mass is 9.82. The molecule has 0 aromatic heterocycles. The number of hydrogen-bond donors (Lipinski definition) is 1. The molecule has 0 bridgehead atoms. The topological polar surface area (TPSA) is 32.5 Å². The first-order valence-electron chi connectivity index (χ1n) is 15.8. The van der Waals surface area contributed by atoms with Crippen LogP contribution in [0.15, 0.2) is 60.7 Å². The van der Waals surface area contributed by atoms with Gasteiger partial charge in [-0.2, -0.15) is 0 Å². The number of nitrogens with zero attached hydrogens (tertiary/aromatic N) is 1. The Balaban J connectivity index is 1.67. The van der Waals surface area contributed by atoms with Crippen LogP contribution >= 0.6 is 0 Å². The van der Waals surface area contributed by atoms with E-state index in [4.69, 9.17) is 4.74 Å². The van der Waals surface area contributed by atoms with Gasteiger partial charge in [0, 0.05) is 18.1 Å². The molecule has 6 rings (SSSR count). The molecular formula is C39H46NO2Si+. The molecule has 43 heavy (non-hydrogen) atoms. The van der Waals surface area contributed by atoms with Crippen molar-refractivity contribution < 1.29 is 9.84 Å². The minimum atomic E-state index is -2.15. The average molecular weight is 589 g/mol. The van der Waals surface area contributed by atoms with Crippen LogP contribution in [0.4, 0.5) is 0 Å². The van der Waals surface area contributed by atoms with Crippen LogP contribution in [0, 0.1) is 27.7 Å². The molecule has 0 amide bonds. The van der Waals surface area contributed by atoms with E-state index in [9.17, 15) is 5.11 Å². The number of fused-ring (bicyclic) bond motifs is 3. The Hall–Kier alpha value is -3.63. The Morgan fingerprint density at radius 2 is 1.51 bits per heavy atom. The number of phenolic OH excluding ortho intramolecular Hbond substituents is 1. The molecule has 2 aliphatic heterocycles. The predicted octanol–water partition coefficient (Wildman–Crippen LogP) is 6.60. The van der Waals surface area contributed by atoms with Crippen LogP contribution in [-0.4, -0.2) is 25.3 Å². The molecule has 0 fully saturated rings. The molecule has 0 saturated carbocycles. The van der Waals surface area contributed by atoms with Crippen molar-refractivity contribution in [2.75, 3.05) is 6.54 Å². The van der Waals surface area contributed by atoms with E-state index in [0.717, 1.165) is 35.6 Å². The van der Waals surface area contributed by atoms with Gasteiger partial charge in [0.05, 0.1) is 0 Å². The molecule has 2 aliphatic rings. The summed E-state index contributed by atoms with van der Waals surface area (Å²) in [6, 6.07) is 22.6. The maximum absolute atomic E-state index is 10.3. The number of hydrogen-bond acceptors (Lipinski definition) is 2. The Bertz CT molecular complexity index is 1910. The van der Waals surface area contributed by atoms with Crippen molar-refractivity contribution in [3.05, 3.63) is 110 Å². The summed E-state index contributed by atoms with van der Waals surface area (Å²) in [5, 5.41) is 16.0. The molecule has 3 nitrogen and oxygen atoms in total. The summed E-state index contributed by atoms with van der Waals surface area (Å²) >= 11 is 0. The van der Waals surface area contributed by atoms with Gasteiger partial charge in [0.25, 0.3) is 0 Å². The normalized spacial score (nSPS) is 18.1. The largest absolute Gasteiger partial charge is 0.507 e. The third kappa shape index (κ3) is 4.75. The number of aromatic hydroxyl groups is 1. The van der Waals surface area contributed by atoms with Crippen LogP contribution in [0.3, 0.4) is 0 Å². The zero-order chi connectivity index (χ0) is 31.0. The zero-order valence-electron chi connectivity index (χ0n) is 27.6. The summed E-state index contributed by atoms with van der Waals surface area (Å²) in [6.45, 7) is 23.8. The van der Waals surface area contributed by atoms with E-state index >= 15 is 0 Å². The number of benzene rings is 4. The number of ether oxygens (including phenoxy) is 1. The molecule has 4 aromatic carbocycles. The third-order valence-corrected chi connectivity index (χ3v) is 13.6. The number of phenols is 1. The second-order valence-corrected chi connectivity index (χ2v) is 18.5. The highest BCUT2D eigenvalue weighted by atomic mass is 28.3. The highest BCUT2D eigenvalue weighted by molar-refractivity contribution is 7.01. The number of aryl methyl sites for hydroxylation is 4. The van der Waals surface area contributed by atoms with E-state index in [1.807, 2.05) is 26.0 Å². The van der Waals surface area contributed by atoms with Gasteiger partial charge in [-0.25, -0.2) is 4.58 Å². The van der Waals surface area contributed by atoms with Crippen LogP contribution < -0.4 is 30.3 Å². The van der Waals surface area contributed by atoms with E-state index in [1.165, 1.54) is 54.3 Å². The quantitative estimate of drug-likeness (QED) is 0.215. The van der Waals surface area contributed by atoms with Gasteiger partial charge in [0.1, 0.15) is 31.9 Å². The highest BCUT2D eigenvalue weighted by Gasteiger charge is 2.41. The summed E-state index contributed by atoms with van der Waals surface area (Å²) in [7, 11) is -2.15. The van der Waals surface area contributed by atoms with E-state index in [0.29, 0.717) is 11.7 Å². The van der Waals surface area contributed by atoms with Gasteiger partial charge in [-0.1, -0.05) is 49.8 Å². The van der Waals surface area contributed by atoms with Crippen LogP contribution in [0.25, 0.3) is 5.57 Å². The standard InChI is InChI=1S/C39H45NO2Si/c1-11-40-34-21-36-33(20-32(34)27(6)22-39(40,7)8)37(30-14-12-23(2)16-24(30)3)31-15-13-28(19-35(31)43(36,9)10)42-29-17-25(4)38(41)26(5)18-29/h12-21,27H,11,22H2,1-10H3/p+1. The van der Waals surface area contributed by atoms with Crippen molar-refractivity contribution in [3.8, 4) is 17.2 Å². The predicted molar refractivity (Wildman–Crippen MR) is 183 cm³/mol. The SMILES string of the molecule is CC[N+]1=c2cc3c(cc2C(C)CC1(C)C)=C(c1ccc(C)cc1C)c1ccc(Oc2cc(C)c(O)c(C)c2)cc1[Si]3(C)C. The zero-order valence-corrected chi connectivity index (χ0v) is 28.6. The van der Waals surface area contributed by atoms with Crippen LogP contribution in [0.1, 0.15) is 79.0 Å². The number of rotatable bonds is 4. The molecule has 4 heteroatoms. The first-order valence-corrected chi connectivity index (χ1v) is 18.8. The summed E-state index contributed by atoms with van der Waals surface area (Å²) in [6.07, 6.45) is 1.15. The van der Waals surface area contributed by atoms with Gasteiger partial charge in [-0.3, -0.25) is 0 Å². The fraction of sp³-hybridized carbons (Fsp3) is 0.359. The van der Waals surface area contributed by atoms with Crippen molar-refractivity contribution in [2.24, 2.45) is 0 Å². The Morgan fingerprint density at radius 3 is 2.16 bits per heavy atom. The lowest BCUT2D eigenvalue weighted by molar-refractivity contribution is 0.273. The van der Waals surface area contributed by atoms with E-state index in [1.54, 1.807) is 0 Å². The van der Waals surface area contributed by atoms with Gasteiger partial charge in [-0.15, -0.1) is 0 Å². The van der Waals surface area contributed by atoms with Gasteiger partial charge in [-0.05, 0) is 134 Å². The lowest BCUT2D eigenvalue weighted by Gasteiger charge is -2.36. The molecule has 4 aromatic rings. The van der Waals surface area contributed by atoms with Gasteiger partial charge in [0.15, 0.2) is 5.54 Å². The molecule has 222 valence electrons. The summed E-state index contributed by atoms with van der Waals surface area (Å²) in [5.74, 6) is 2.43. The molecule has 2 heterocycles. The van der Waals surface area contributed by atoms with Crippen molar-refractivity contribution in [1.82, 2.24) is 4.58 Å². The first-order chi connectivity index (χ1) is 20.2. The van der Waals surface area contributed by atoms with Gasteiger partial charge >= 0.3 is 0 Å². The molecule has 1 unspecified atom stereocenters. The maximum Gasteiger partial charge on any atom is 0.203 e. The second kappa shape index (κ2) is 10.2. The smallest absolute Gasteiger partial charge is 0.203 e. The molecule has 0 spiro atoms. The minimum absolute atomic E-state index is 0.120. The molecular weight excluding hydrogens is 543 g/mol. The minimum Gasteiger partial charge on any atom is -0.507 e. The van der Waals surface area contributed by atoms with E-state index in [2.05, 4.69) is 108 Å². The maximum atomic E-state index is 10.3. The Kier molecular flexibility index (Phi) is 7.00. The molecule has 0 aliphatic carbocycles. The first kappa shape index (κ1) is 29.4. The lowest BCUT2D eigenvalue weighted by Crippen LogP contribution is -2.65. The molecule has 1 N–H and O–H groups in total. The average Bonchev–Trinajstić information content (AvgIpc) is 2.92. The Labute approximate surface area is 258 Å². The third-order valence-electron chi connectivity index (χ3n) is 10.1. The van der Waals surface area contributed by atoms with Crippen molar-refractivity contribution in [3.63, 3.8) is 0 Å². The van der Waals surface area contributed by atoms with Crippen molar-refractivity contribution in [1.29, 1.82) is 0 Å². The van der Waals surface area contributed by atoms with Crippen LogP contribution in [0.5, 0.6) is 17.2 Å². The molecule has 0 saturated heterocycles. The summed E-state index contributed by atoms with van der Waals surface area (Å²) < 4.78 is 9.12. The molecule has 1 atom stereocenters. The van der Waals surface area contributed by atoms with E-state index in [-0.39, 0.29) is 5.54 Å². The highest BCUT2D eigenvalue weighted by Crippen LogP contribution is 2.34. The van der Waals surface area contributed by atoms with Gasteiger partial charge < -0.3 is 9.84 Å². The fourth-order valence-corrected chi connectivity index (χ4v) is 11.0. The fourth-order valence-electron chi connectivity index (χ4n) is 7.96.